The standard InChI is InChI=1S/C15H22N6O2/c1-6-20(9-11(22)18-15(3,4)5)13(23)12-17-14-16-8-7-10(2)21(14)19-12/h7-8H,6,9H2,1-5H3,(H,18,22). The number of amides is 2. The normalized spacial score (nSPS) is 11.5. The van der Waals surface area contributed by atoms with E-state index in [2.05, 4.69) is 20.4 Å². The number of hydrogen-bond acceptors (Lipinski definition) is 5. The van der Waals surface area contributed by atoms with Gasteiger partial charge in [-0.2, -0.15) is 4.98 Å². The van der Waals surface area contributed by atoms with Gasteiger partial charge in [0.1, 0.15) is 0 Å². The highest BCUT2D eigenvalue weighted by Crippen LogP contribution is 2.06. The molecule has 8 heteroatoms. The molecule has 0 aromatic carbocycles. The molecule has 0 saturated heterocycles. The first-order chi connectivity index (χ1) is 10.7. The Hall–Kier alpha value is -2.51. The summed E-state index contributed by atoms with van der Waals surface area (Å²) in [5, 5.41) is 7.02. The number of hydrogen-bond donors (Lipinski definition) is 1. The van der Waals surface area contributed by atoms with Crippen LogP contribution in [0.4, 0.5) is 0 Å². The van der Waals surface area contributed by atoms with Crippen LogP contribution < -0.4 is 5.32 Å². The van der Waals surface area contributed by atoms with Crippen LogP contribution in [0.5, 0.6) is 0 Å². The Morgan fingerprint density at radius 2 is 2.04 bits per heavy atom. The summed E-state index contributed by atoms with van der Waals surface area (Å²) in [4.78, 5) is 34.2. The summed E-state index contributed by atoms with van der Waals surface area (Å²) in [6.45, 7) is 9.68. The zero-order valence-corrected chi connectivity index (χ0v) is 14.1. The number of aromatic nitrogens is 4. The molecule has 2 amide bonds. The lowest BCUT2D eigenvalue weighted by atomic mass is 10.1. The van der Waals surface area contributed by atoms with Crippen LogP contribution in [0.25, 0.3) is 5.78 Å². The third-order valence-electron chi connectivity index (χ3n) is 3.14. The molecule has 0 radical (unpaired) electrons. The molecular weight excluding hydrogens is 296 g/mol. The highest BCUT2D eigenvalue weighted by Gasteiger charge is 2.23. The number of rotatable bonds is 4. The molecule has 0 aliphatic heterocycles. The smallest absolute Gasteiger partial charge is 0.294 e. The second-order valence-corrected chi connectivity index (χ2v) is 6.35. The molecule has 8 nitrogen and oxygen atoms in total. The maximum absolute atomic E-state index is 12.5. The van der Waals surface area contributed by atoms with Gasteiger partial charge in [-0.05, 0) is 40.7 Å². The lowest BCUT2D eigenvalue weighted by Crippen LogP contribution is -2.47. The third kappa shape index (κ3) is 4.02. The van der Waals surface area contributed by atoms with Crippen LogP contribution in [0.2, 0.25) is 0 Å². The molecule has 0 unspecified atom stereocenters. The second-order valence-electron chi connectivity index (χ2n) is 6.35. The Morgan fingerprint density at radius 3 is 2.61 bits per heavy atom. The molecule has 0 saturated carbocycles. The second kappa shape index (κ2) is 6.31. The molecule has 0 fully saturated rings. The van der Waals surface area contributed by atoms with Gasteiger partial charge in [-0.1, -0.05) is 0 Å². The van der Waals surface area contributed by atoms with Gasteiger partial charge < -0.3 is 10.2 Å². The minimum absolute atomic E-state index is 0.0332. The number of fused-ring (bicyclic) bond motifs is 1. The molecule has 2 aromatic heterocycles. The van der Waals surface area contributed by atoms with Crippen LogP contribution in [-0.2, 0) is 4.79 Å². The maximum Gasteiger partial charge on any atom is 0.294 e. The molecule has 1 N–H and O–H groups in total. The summed E-state index contributed by atoms with van der Waals surface area (Å²) in [6.07, 6.45) is 1.61. The molecule has 0 spiro atoms. The molecule has 0 aliphatic carbocycles. The van der Waals surface area contributed by atoms with E-state index in [1.165, 1.54) is 9.42 Å². The van der Waals surface area contributed by atoms with Crippen molar-refractivity contribution in [3.8, 4) is 0 Å². The highest BCUT2D eigenvalue weighted by atomic mass is 16.2. The van der Waals surface area contributed by atoms with Crippen molar-refractivity contribution in [1.29, 1.82) is 0 Å². The Balaban J connectivity index is 2.18. The van der Waals surface area contributed by atoms with Gasteiger partial charge in [0.2, 0.25) is 11.7 Å². The zero-order chi connectivity index (χ0) is 17.2. The summed E-state index contributed by atoms with van der Waals surface area (Å²) in [5.74, 6) is -0.201. The van der Waals surface area contributed by atoms with Crippen molar-refractivity contribution < 1.29 is 9.59 Å². The summed E-state index contributed by atoms with van der Waals surface area (Å²) < 4.78 is 1.51. The molecule has 0 atom stereocenters. The molecule has 2 aromatic rings. The zero-order valence-electron chi connectivity index (χ0n) is 14.1. The Morgan fingerprint density at radius 1 is 1.35 bits per heavy atom. The minimum Gasteiger partial charge on any atom is -0.350 e. The third-order valence-corrected chi connectivity index (χ3v) is 3.14. The fraction of sp³-hybridized carbons (Fsp3) is 0.533. The first-order valence-corrected chi connectivity index (χ1v) is 7.50. The van der Waals surface area contributed by atoms with E-state index in [0.29, 0.717) is 12.3 Å². The van der Waals surface area contributed by atoms with Gasteiger partial charge in [0.25, 0.3) is 11.7 Å². The number of carbonyl (C=O) groups is 2. The Bertz CT molecular complexity index is 731. The van der Waals surface area contributed by atoms with Crippen molar-refractivity contribution in [3.05, 3.63) is 23.8 Å². The average Bonchev–Trinajstić information content (AvgIpc) is 2.87. The van der Waals surface area contributed by atoms with Gasteiger partial charge >= 0.3 is 0 Å². The van der Waals surface area contributed by atoms with Crippen molar-refractivity contribution in [2.45, 2.75) is 40.2 Å². The van der Waals surface area contributed by atoms with Crippen LogP contribution in [-0.4, -0.2) is 54.9 Å². The van der Waals surface area contributed by atoms with Crippen molar-refractivity contribution in [2.75, 3.05) is 13.1 Å². The van der Waals surface area contributed by atoms with Crippen LogP contribution in [0.15, 0.2) is 12.3 Å². The highest BCUT2D eigenvalue weighted by molar-refractivity contribution is 5.93. The van der Waals surface area contributed by atoms with Crippen molar-refractivity contribution in [1.82, 2.24) is 29.8 Å². The first-order valence-electron chi connectivity index (χ1n) is 7.50. The summed E-state index contributed by atoms with van der Waals surface area (Å²) in [5.41, 5.74) is 0.483. The topological polar surface area (TPSA) is 92.5 Å². The van der Waals surface area contributed by atoms with Gasteiger partial charge in [-0.15, -0.1) is 5.10 Å². The van der Waals surface area contributed by atoms with E-state index >= 15 is 0 Å². The van der Waals surface area contributed by atoms with Gasteiger partial charge in [-0.3, -0.25) is 9.59 Å². The van der Waals surface area contributed by atoms with Gasteiger partial charge in [-0.25, -0.2) is 9.50 Å². The fourth-order valence-corrected chi connectivity index (χ4v) is 2.10. The predicted molar refractivity (Wildman–Crippen MR) is 85.0 cm³/mol. The summed E-state index contributed by atoms with van der Waals surface area (Å²) in [7, 11) is 0. The minimum atomic E-state index is -0.388. The van der Waals surface area contributed by atoms with E-state index in [1.54, 1.807) is 12.3 Å². The lowest BCUT2D eigenvalue weighted by molar-refractivity contribution is -0.123. The van der Waals surface area contributed by atoms with Crippen molar-refractivity contribution in [3.63, 3.8) is 0 Å². The molecule has 23 heavy (non-hydrogen) atoms. The number of nitrogens with zero attached hydrogens (tertiary/aromatic N) is 5. The van der Waals surface area contributed by atoms with Crippen LogP contribution in [0.1, 0.15) is 44.0 Å². The van der Waals surface area contributed by atoms with E-state index in [1.807, 2.05) is 34.6 Å². The number of carbonyl (C=O) groups excluding carboxylic acids is 2. The molecule has 0 aliphatic rings. The molecule has 124 valence electrons. The van der Waals surface area contributed by atoms with E-state index in [-0.39, 0.29) is 29.7 Å². The average molecular weight is 318 g/mol. The number of likely N-dealkylation sites (N-methyl/N-ethyl adjacent to an activating group) is 1. The summed E-state index contributed by atoms with van der Waals surface area (Å²) in [6, 6.07) is 1.78. The quantitative estimate of drug-likeness (QED) is 0.900. The van der Waals surface area contributed by atoms with Gasteiger partial charge in [0.15, 0.2) is 0 Å². The van der Waals surface area contributed by atoms with Crippen LogP contribution in [0.3, 0.4) is 0 Å². The van der Waals surface area contributed by atoms with Gasteiger partial charge in [0.05, 0.1) is 6.54 Å². The molecule has 0 bridgehead atoms. The SMILES string of the molecule is CCN(CC(=O)NC(C)(C)C)C(=O)c1nc2nccc(C)n2n1. The van der Waals surface area contributed by atoms with Crippen LogP contribution in [0, 0.1) is 6.92 Å². The van der Waals surface area contributed by atoms with Crippen molar-refractivity contribution in [2.24, 2.45) is 0 Å². The van der Waals surface area contributed by atoms with Crippen molar-refractivity contribution >= 4 is 17.6 Å². The van der Waals surface area contributed by atoms with Crippen LogP contribution >= 0.6 is 0 Å². The summed E-state index contributed by atoms with van der Waals surface area (Å²) >= 11 is 0. The largest absolute Gasteiger partial charge is 0.350 e. The van der Waals surface area contributed by atoms with E-state index in [9.17, 15) is 9.59 Å². The maximum atomic E-state index is 12.5. The lowest BCUT2D eigenvalue weighted by Gasteiger charge is -2.24. The fourth-order valence-electron chi connectivity index (χ4n) is 2.10. The molecular formula is C15H22N6O2. The monoisotopic (exact) mass is 318 g/mol. The Kier molecular flexibility index (Phi) is 4.63. The number of nitrogens with one attached hydrogen (secondary N) is 1. The Labute approximate surface area is 134 Å². The number of aryl methyl sites for hydroxylation is 1. The molecule has 2 heterocycles. The van der Waals surface area contributed by atoms with E-state index in [0.717, 1.165) is 5.69 Å². The molecule has 2 rings (SSSR count). The first kappa shape index (κ1) is 16.9. The van der Waals surface area contributed by atoms with Gasteiger partial charge in [0, 0.05) is 24.0 Å². The predicted octanol–water partition coefficient (Wildman–Crippen LogP) is 0.810. The van der Waals surface area contributed by atoms with E-state index in [4.69, 9.17) is 0 Å². The van der Waals surface area contributed by atoms with E-state index < -0.39 is 0 Å².